The number of pyridine rings is 1. The number of aromatic nitrogens is 1. The number of carbonyl (C=O) groups is 1. The van der Waals surface area contributed by atoms with E-state index in [0.717, 1.165) is 13.1 Å². The Bertz CT molecular complexity index is 755. The number of carbonyl (C=O) groups excluding carboxylic acids is 1. The molecule has 2 rings (SSSR count). The first-order valence-corrected chi connectivity index (χ1v) is 9.31. The first kappa shape index (κ1) is 20.3. The fourth-order valence-electron chi connectivity index (χ4n) is 2.50. The fourth-order valence-corrected chi connectivity index (χ4v) is 2.93. The average molecular weight is 424 g/mol. The zero-order valence-corrected chi connectivity index (χ0v) is 16.7. The number of nitrogens with one attached hydrogen (secondary N) is 1. The summed E-state index contributed by atoms with van der Waals surface area (Å²) in [5.74, 6) is -0.0791. The summed E-state index contributed by atoms with van der Waals surface area (Å²) in [7, 11) is 0. The number of halogens is 2. The number of ether oxygens (including phenoxy) is 1. The van der Waals surface area contributed by atoms with E-state index in [1.807, 2.05) is 0 Å². The van der Waals surface area contributed by atoms with Gasteiger partial charge in [-0.2, -0.15) is 0 Å². The Kier molecular flexibility index (Phi) is 7.53. The summed E-state index contributed by atoms with van der Waals surface area (Å²) in [6, 6.07) is 7.81. The van der Waals surface area contributed by atoms with Crippen LogP contribution in [0.4, 0.5) is 4.39 Å². The standard InChI is InChI=1S/C19H23BrFN3O2/c1-4-24(13(2)3)11-10-22-18(25)15-6-5-9-23-19(15)26-17-8-7-14(21)12-16(17)20/h5-9,12-13H,4,10-11H2,1-3H3,(H,22,25). The van der Waals surface area contributed by atoms with Crippen molar-refractivity contribution < 1.29 is 13.9 Å². The molecule has 0 aliphatic carbocycles. The van der Waals surface area contributed by atoms with Crippen LogP contribution in [0.5, 0.6) is 11.6 Å². The molecular formula is C19H23BrFN3O2. The SMILES string of the molecule is CCN(CCNC(=O)c1cccnc1Oc1ccc(F)cc1Br)C(C)C. The van der Waals surface area contributed by atoms with Crippen molar-refractivity contribution in [1.82, 2.24) is 15.2 Å². The van der Waals surface area contributed by atoms with Crippen molar-refractivity contribution >= 4 is 21.8 Å². The molecule has 0 spiro atoms. The third kappa shape index (κ3) is 5.51. The van der Waals surface area contributed by atoms with E-state index in [0.29, 0.717) is 28.4 Å². The number of benzene rings is 1. The monoisotopic (exact) mass is 423 g/mol. The van der Waals surface area contributed by atoms with Gasteiger partial charge in [0.2, 0.25) is 5.88 Å². The highest BCUT2D eigenvalue weighted by Crippen LogP contribution is 2.30. The summed E-state index contributed by atoms with van der Waals surface area (Å²) in [6.45, 7) is 8.56. The lowest BCUT2D eigenvalue weighted by Crippen LogP contribution is -2.38. The Balaban J connectivity index is 2.07. The maximum Gasteiger partial charge on any atom is 0.256 e. The van der Waals surface area contributed by atoms with Crippen molar-refractivity contribution in [2.45, 2.75) is 26.8 Å². The second kappa shape index (κ2) is 9.64. The fraction of sp³-hybridized carbons (Fsp3) is 0.368. The van der Waals surface area contributed by atoms with E-state index in [-0.39, 0.29) is 17.6 Å². The summed E-state index contributed by atoms with van der Waals surface area (Å²) >= 11 is 3.25. The van der Waals surface area contributed by atoms with Crippen molar-refractivity contribution in [3.8, 4) is 11.6 Å². The van der Waals surface area contributed by atoms with Gasteiger partial charge in [0, 0.05) is 25.3 Å². The molecule has 0 unspecified atom stereocenters. The van der Waals surface area contributed by atoms with Crippen LogP contribution in [0.25, 0.3) is 0 Å². The molecule has 0 saturated carbocycles. The Morgan fingerprint density at radius 2 is 2.15 bits per heavy atom. The summed E-state index contributed by atoms with van der Waals surface area (Å²) in [5.41, 5.74) is 0.330. The smallest absolute Gasteiger partial charge is 0.256 e. The number of hydrogen-bond acceptors (Lipinski definition) is 4. The highest BCUT2D eigenvalue weighted by molar-refractivity contribution is 9.10. The van der Waals surface area contributed by atoms with Gasteiger partial charge in [-0.15, -0.1) is 0 Å². The van der Waals surface area contributed by atoms with Crippen LogP contribution >= 0.6 is 15.9 Å². The van der Waals surface area contributed by atoms with E-state index in [2.05, 4.69) is 51.9 Å². The predicted molar refractivity (Wildman–Crippen MR) is 103 cm³/mol. The molecule has 1 N–H and O–H groups in total. The predicted octanol–water partition coefficient (Wildman–Crippen LogP) is 4.24. The summed E-state index contributed by atoms with van der Waals surface area (Å²) in [4.78, 5) is 18.9. The Labute approximate surface area is 161 Å². The molecule has 26 heavy (non-hydrogen) atoms. The second-order valence-corrected chi connectivity index (χ2v) is 6.87. The van der Waals surface area contributed by atoms with Crippen LogP contribution in [-0.4, -0.2) is 41.5 Å². The van der Waals surface area contributed by atoms with Crippen molar-refractivity contribution in [2.75, 3.05) is 19.6 Å². The van der Waals surface area contributed by atoms with E-state index in [1.54, 1.807) is 18.3 Å². The molecular weight excluding hydrogens is 401 g/mol. The maximum atomic E-state index is 13.2. The zero-order chi connectivity index (χ0) is 19.1. The quantitative estimate of drug-likeness (QED) is 0.689. The molecule has 1 aromatic heterocycles. The molecule has 2 aromatic rings. The Morgan fingerprint density at radius 3 is 2.81 bits per heavy atom. The van der Waals surface area contributed by atoms with E-state index in [9.17, 15) is 9.18 Å². The van der Waals surface area contributed by atoms with Crippen LogP contribution in [0, 0.1) is 5.82 Å². The van der Waals surface area contributed by atoms with Gasteiger partial charge in [0.15, 0.2) is 0 Å². The highest BCUT2D eigenvalue weighted by atomic mass is 79.9. The van der Waals surface area contributed by atoms with E-state index < -0.39 is 0 Å². The van der Waals surface area contributed by atoms with Crippen LogP contribution in [-0.2, 0) is 0 Å². The minimum Gasteiger partial charge on any atom is -0.437 e. The first-order chi connectivity index (χ1) is 12.4. The third-order valence-corrected chi connectivity index (χ3v) is 4.56. The molecule has 140 valence electrons. The molecule has 1 heterocycles. The van der Waals surface area contributed by atoms with Crippen LogP contribution in [0.3, 0.4) is 0 Å². The number of rotatable bonds is 8. The van der Waals surface area contributed by atoms with Crippen molar-refractivity contribution in [3.05, 3.63) is 52.4 Å². The van der Waals surface area contributed by atoms with E-state index in [4.69, 9.17) is 4.74 Å². The van der Waals surface area contributed by atoms with E-state index in [1.165, 1.54) is 18.2 Å². The number of hydrogen-bond donors (Lipinski definition) is 1. The molecule has 0 atom stereocenters. The molecule has 0 bridgehead atoms. The molecule has 5 nitrogen and oxygen atoms in total. The second-order valence-electron chi connectivity index (χ2n) is 6.01. The lowest BCUT2D eigenvalue weighted by atomic mass is 10.2. The van der Waals surface area contributed by atoms with Gasteiger partial charge < -0.3 is 10.1 Å². The molecule has 0 fully saturated rings. The molecule has 0 aliphatic rings. The third-order valence-electron chi connectivity index (χ3n) is 3.94. The normalized spacial score (nSPS) is 11.0. The first-order valence-electron chi connectivity index (χ1n) is 8.52. The molecule has 1 amide bonds. The summed E-state index contributed by atoms with van der Waals surface area (Å²) < 4.78 is 19.4. The molecule has 7 heteroatoms. The van der Waals surface area contributed by atoms with Gasteiger partial charge in [0.1, 0.15) is 17.1 Å². The Hall–Kier alpha value is -1.99. The van der Waals surface area contributed by atoms with Gasteiger partial charge in [-0.05, 0) is 66.7 Å². The van der Waals surface area contributed by atoms with Gasteiger partial charge in [0.25, 0.3) is 5.91 Å². The number of nitrogens with zero attached hydrogens (tertiary/aromatic N) is 2. The van der Waals surface area contributed by atoms with Crippen LogP contribution in [0.2, 0.25) is 0 Å². The van der Waals surface area contributed by atoms with Gasteiger partial charge in [-0.3, -0.25) is 9.69 Å². The van der Waals surface area contributed by atoms with Crippen molar-refractivity contribution in [3.63, 3.8) is 0 Å². The lowest BCUT2D eigenvalue weighted by molar-refractivity contribution is 0.0943. The molecule has 0 radical (unpaired) electrons. The maximum absolute atomic E-state index is 13.2. The van der Waals surface area contributed by atoms with Crippen LogP contribution in [0.1, 0.15) is 31.1 Å². The lowest BCUT2D eigenvalue weighted by Gasteiger charge is -2.24. The van der Waals surface area contributed by atoms with Gasteiger partial charge in [0.05, 0.1) is 4.47 Å². The summed E-state index contributed by atoms with van der Waals surface area (Å²) in [5, 5.41) is 2.90. The molecule has 1 aromatic carbocycles. The van der Waals surface area contributed by atoms with Gasteiger partial charge in [-0.1, -0.05) is 6.92 Å². The Morgan fingerprint density at radius 1 is 1.38 bits per heavy atom. The topological polar surface area (TPSA) is 54.5 Å². The minimum atomic E-state index is -0.381. The van der Waals surface area contributed by atoms with Crippen LogP contribution < -0.4 is 10.1 Å². The zero-order valence-electron chi connectivity index (χ0n) is 15.1. The molecule has 0 aliphatic heterocycles. The van der Waals surface area contributed by atoms with Gasteiger partial charge in [-0.25, -0.2) is 9.37 Å². The van der Waals surface area contributed by atoms with Crippen molar-refractivity contribution in [2.24, 2.45) is 0 Å². The summed E-state index contributed by atoms with van der Waals surface area (Å²) in [6.07, 6.45) is 1.54. The van der Waals surface area contributed by atoms with Crippen LogP contribution in [0.15, 0.2) is 41.0 Å². The largest absolute Gasteiger partial charge is 0.437 e. The highest BCUT2D eigenvalue weighted by Gasteiger charge is 2.16. The number of amides is 1. The molecule has 0 saturated heterocycles. The van der Waals surface area contributed by atoms with Crippen molar-refractivity contribution in [1.29, 1.82) is 0 Å². The van der Waals surface area contributed by atoms with E-state index >= 15 is 0 Å². The minimum absolute atomic E-state index is 0.175. The average Bonchev–Trinajstić information content (AvgIpc) is 2.61. The number of likely N-dealkylation sites (N-methyl/N-ethyl adjacent to an activating group) is 1. The van der Waals surface area contributed by atoms with Gasteiger partial charge >= 0.3 is 0 Å².